The predicted molar refractivity (Wildman–Crippen MR) is 76.3 cm³/mol. The molecule has 1 aromatic heterocycles. The fraction of sp³-hybridized carbons (Fsp3) is 0.0769. The van der Waals surface area contributed by atoms with Crippen LogP contribution in [-0.2, 0) is 11.3 Å². The number of nitrogens with zero attached hydrogens (tertiary/aromatic N) is 1. The Morgan fingerprint density at radius 3 is 2.74 bits per heavy atom. The van der Waals surface area contributed by atoms with Gasteiger partial charge < -0.3 is 16.2 Å². The van der Waals surface area contributed by atoms with E-state index in [1.807, 2.05) is 6.07 Å². The highest BCUT2D eigenvalue weighted by Gasteiger charge is 2.11. The van der Waals surface area contributed by atoms with Gasteiger partial charge in [0.2, 0.25) is 0 Å². The molecular weight excluding hydrogens is 310 g/mol. The Kier molecular flexibility index (Phi) is 4.01. The van der Waals surface area contributed by atoms with E-state index in [1.165, 1.54) is 6.07 Å². The molecule has 0 bridgehead atoms. The molecule has 0 amide bonds. The Labute approximate surface area is 118 Å². The molecule has 98 valence electrons. The number of pyridine rings is 1. The topological polar surface area (TPSA) is 91.2 Å². The molecule has 0 spiro atoms. The number of nitrogens with two attached hydrogens (primary N) is 2. The molecule has 0 radical (unpaired) electrons. The molecule has 0 aliphatic rings. The molecule has 0 saturated heterocycles. The van der Waals surface area contributed by atoms with Crippen molar-refractivity contribution >= 4 is 33.3 Å². The minimum absolute atomic E-state index is 0.134. The molecule has 5 nitrogen and oxygen atoms in total. The van der Waals surface area contributed by atoms with Gasteiger partial charge in [-0.3, -0.25) is 4.98 Å². The lowest BCUT2D eigenvalue weighted by molar-refractivity contribution is 0.0473. The van der Waals surface area contributed by atoms with E-state index in [4.69, 9.17) is 16.2 Å². The van der Waals surface area contributed by atoms with Crippen molar-refractivity contribution in [3.05, 3.63) is 52.3 Å². The zero-order valence-corrected chi connectivity index (χ0v) is 11.6. The number of esters is 1. The second kappa shape index (κ2) is 5.71. The fourth-order valence-electron chi connectivity index (χ4n) is 1.53. The molecule has 0 atom stereocenters. The molecule has 6 heteroatoms. The van der Waals surface area contributed by atoms with Crippen molar-refractivity contribution in [1.82, 2.24) is 4.98 Å². The summed E-state index contributed by atoms with van der Waals surface area (Å²) in [7, 11) is 0. The molecule has 0 unspecified atom stereocenters. The highest BCUT2D eigenvalue weighted by molar-refractivity contribution is 9.10. The Morgan fingerprint density at radius 2 is 2.05 bits per heavy atom. The summed E-state index contributed by atoms with van der Waals surface area (Å²) < 4.78 is 6.00. The van der Waals surface area contributed by atoms with E-state index in [0.717, 1.165) is 10.0 Å². The van der Waals surface area contributed by atoms with Gasteiger partial charge in [0.05, 0.1) is 5.56 Å². The molecule has 4 N–H and O–H groups in total. The molecular formula is C13H12BrN3O2. The number of benzene rings is 1. The van der Waals surface area contributed by atoms with Crippen LogP contribution < -0.4 is 11.5 Å². The number of carbonyl (C=O) groups is 1. The lowest BCUT2D eigenvalue weighted by Gasteiger charge is -2.07. The molecule has 2 rings (SSSR count). The summed E-state index contributed by atoms with van der Waals surface area (Å²) in [6, 6.07) is 6.50. The average molecular weight is 322 g/mol. The lowest BCUT2D eigenvalue weighted by Crippen LogP contribution is -2.08. The maximum atomic E-state index is 11.9. The summed E-state index contributed by atoms with van der Waals surface area (Å²) in [5.41, 5.74) is 13.2. The standard InChI is InChI=1S/C13H12BrN3O2/c14-9-3-8(5-17-6-9)7-19-13(18)11-2-1-10(15)4-12(11)16/h1-6H,7,15-16H2. The Morgan fingerprint density at radius 1 is 1.26 bits per heavy atom. The summed E-state index contributed by atoms with van der Waals surface area (Å²) in [6.07, 6.45) is 3.29. The van der Waals surface area contributed by atoms with Gasteiger partial charge in [0.1, 0.15) is 6.61 Å². The summed E-state index contributed by atoms with van der Waals surface area (Å²) >= 11 is 3.30. The van der Waals surface area contributed by atoms with Gasteiger partial charge in [0.25, 0.3) is 0 Å². The van der Waals surface area contributed by atoms with Gasteiger partial charge in [-0.2, -0.15) is 0 Å². The Hall–Kier alpha value is -2.08. The highest BCUT2D eigenvalue weighted by Crippen LogP contribution is 2.17. The van der Waals surface area contributed by atoms with Crippen molar-refractivity contribution in [2.24, 2.45) is 0 Å². The van der Waals surface area contributed by atoms with Gasteiger partial charge in [0.15, 0.2) is 0 Å². The number of carbonyl (C=O) groups excluding carboxylic acids is 1. The quantitative estimate of drug-likeness (QED) is 0.669. The zero-order valence-electron chi connectivity index (χ0n) is 9.97. The number of halogens is 1. The van der Waals surface area contributed by atoms with Gasteiger partial charge in [-0.1, -0.05) is 0 Å². The Balaban J connectivity index is 2.05. The van der Waals surface area contributed by atoms with Crippen molar-refractivity contribution in [2.45, 2.75) is 6.61 Å². The third-order valence-corrected chi connectivity index (χ3v) is 2.86. The van der Waals surface area contributed by atoms with Gasteiger partial charge in [0, 0.05) is 33.8 Å². The minimum Gasteiger partial charge on any atom is -0.457 e. The van der Waals surface area contributed by atoms with Gasteiger partial charge >= 0.3 is 5.97 Å². The number of rotatable bonds is 3. The normalized spacial score (nSPS) is 10.2. The van der Waals surface area contributed by atoms with E-state index < -0.39 is 5.97 Å². The van der Waals surface area contributed by atoms with Crippen LogP contribution in [0.3, 0.4) is 0 Å². The van der Waals surface area contributed by atoms with Crippen LogP contribution in [0.5, 0.6) is 0 Å². The molecule has 0 fully saturated rings. The van der Waals surface area contributed by atoms with Crippen molar-refractivity contribution in [2.75, 3.05) is 11.5 Å². The van der Waals surface area contributed by atoms with E-state index in [1.54, 1.807) is 24.5 Å². The molecule has 19 heavy (non-hydrogen) atoms. The van der Waals surface area contributed by atoms with Crippen molar-refractivity contribution in [3.8, 4) is 0 Å². The maximum Gasteiger partial charge on any atom is 0.340 e. The van der Waals surface area contributed by atoms with Crippen molar-refractivity contribution in [3.63, 3.8) is 0 Å². The molecule has 1 aromatic carbocycles. The number of ether oxygens (including phenoxy) is 1. The first-order valence-corrected chi connectivity index (χ1v) is 6.27. The maximum absolute atomic E-state index is 11.9. The van der Waals surface area contributed by atoms with Crippen LogP contribution in [-0.4, -0.2) is 11.0 Å². The van der Waals surface area contributed by atoms with Crippen LogP contribution in [0.2, 0.25) is 0 Å². The lowest BCUT2D eigenvalue weighted by atomic mass is 10.1. The number of anilines is 2. The van der Waals surface area contributed by atoms with E-state index in [0.29, 0.717) is 16.9 Å². The molecule has 2 aromatic rings. The first-order valence-electron chi connectivity index (χ1n) is 5.48. The molecule has 0 aliphatic carbocycles. The number of nitrogen functional groups attached to an aromatic ring is 2. The van der Waals surface area contributed by atoms with Crippen LogP contribution in [0.25, 0.3) is 0 Å². The smallest absolute Gasteiger partial charge is 0.340 e. The van der Waals surface area contributed by atoms with Gasteiger partial charge in [-0.05, 0) is 40.2 Å². The first-order chi connectivity index (χ1) is 9.06. The van der Waals surface area contributed by atoms with Crippen LogP contribution >= 0.6 is 15.9 Å². The number of aromatic nitrogens is 1. The summed E-state index contributed by atoms with van der Waals surface area (Å²) in [5.74, 6) is -0.488. The second-order valence-electron chi connectivity index (χ2n) is 3.93. The fourth-order valence-corrected chi connectivity index (χ4v) is 1.94. The highest BCUT2D eigenvalue weighted by atomic mass is 79.9. The SMILES string of the molecule is Nc1ccc(C(=O)OCc2cncc(Br)c2)c(N)c1. The van der Waals surface area contributed by atoms with Crippen LogP contribution in [0.4, 0.5) is 11.4 Å². The molecule has 0 aliphatic heterocycles. The van der Waals surface area contributed by atoms with Crippen LogP contribution in [0.15, 0.2) is 41.1 Å². The van der Waals surface area contributed by atoms with Gasteiger partial charge in [-0.25, -0.2) is 4.79 Å². The van der Waals surface area contributed by atoms with Crippen LogP contribution in [0, 0.1) is 0 Å². The third-order valence-electron chi connectivity index (χ3n) is 2.43. The average Bonchev–Trinajstić information content (AvgIpc) is 2.36. The van der Waals surface area contributed by atoms with E-state index in [-0.39, 0.29) is 6.61 Å². The largest absolute Gasteiger partial charge is 0.457 e. The summed E-state index contributed by atoms with van der Waals surface area (Å²) in [5, 5.41) is 0. The summed E-state index contributed by atoms with van der Waals surface area (Å²) in [6.45, 7) is 0.134. The van der Waals surface area contributed by atoms with Crippen molar-refractivity contribution in [1.29, 1.82) is 0 Å². The van der Waals surface area contributed by atoms with Crippen LogP contribution in [0.1, 0.15) is 15.9 Å². The summed E-state index contributed by atoms with van der Waals surface area (Å²) in [4.78, 5) is 15.8. The van der Waals surface area contributed by atoms with E-state index >= 15 is 0 Å². The monoisotopic (exact) mass is 321 g/mol. The number of hydrogen-bond donors (Lipinski definition) is 2. The zero-order chi connectivity index (χ0) is 13.8. The molecule has 1 heterocycles. The van der Waals surface area contributed by atoms with Gasteiger partial charge in [-0.15, -0.1) is 0 Å². The Bertz CT molecular complexity index is 617. The second-order valence-corrected chi connectivity index (χ2v) is 4.85. The third kappa shape index (κ3) is 3.45. The first kappa shape index (κ1) is 13.4. The molecule has 0 saturated carbocycles. The minimum atomic E-state index is -0.488. The predicted octanol–water partition coefficient (Wildman–Crippen LogP) is 2.37. The van der Waals surface area contributed by atoms with E-state index in [2.05, 4.69) is 20.9 Å². The number of hydrogen-bond acceptors (Lipinski definition) is 5. The van der Waals surface area contributed by atoms with E-state index in [9.17, 15) is 4.79 Å². The van der Waals surface area contributed by atoms with Crippen molar-refractivity contribution < 1.29 is 9.53 Å².